The fourth-order valence-electron chi connectivity index (χ4n) is 3.48. The van der Waals surface area contributed by atoms with E-state index < -0.39 is 10.7 Å². The maximum atomic E-state index is 11.7. The Labute approximate surface area is 190 Å². The predicted molar refractivity (Wildman–Crippen MR) is 129 cm³/mol. The largest absolute Gasteiger partial charge is 0.464 e. The fourth-order valence-corrected chi connectivity index (χ4v) is 5.46. The van der Waals surface area contributed by atoms with Crippen LogP contribution in [0.25, 0.3) is 6.08 Å². The van der Waals surface area contributed by atoms with Crippen LogP contribution in [0.1, 0.15) is 32.2 Å². The van der Waals surface area contributed by atoms with Gasteiger partial charge in [0.15, 0.2) is 5.69 Å². The highest BCUT2D eigenvalue weighted by Gasteiger charge is 2.36. The van der Waals surface area contributed by atoms with Crippen molar-refractivity contribution in [2.45, 2.75) is 4.75 Å². The number of esters is 1. The van der Waals surface area contributed by atoms with Crippen LogP contribution < -0.4 is 0 Å². The van der Waals surface area contributed by atoms with Gasteiger partial charge in [-0.25, -0.2) is 9.78 Å². The van der Waals surface area contributed by atoms with Crippen LogP contribution in [0.4, 0.5) is 0 Å². The first kappa shape index (κ1) is 21.1. The van der Waals surface area contributed by atoms with E-state index in [0.717, 1.165) is 5.01 Å². The lowest BCUT2D eigenvalue weighted by Crippen LogP contribution is -2.24. The zero-order chi connectivity index (χ0) is 21.5. The molecule has 1 aromatic heterocycles. The van der Waals surface area contributed by atoms with Crippen LogP contribution in [0.3, 0.4) is 0 Å². The highest BCUT2D eigenvalue weighted by atomic mass is 32.2. The standard InChI is InChI=1S/C26H21NO2S2/c1-29-25(28)23-19-30-24(27-23)17-18-31-26(20-11-5-2-6-12-20,21-13-7-3-8-14-21)22-15-9-4-10-16-22/h2-19H,1H3. The average Bonchev–Trinajstić information content (AvgIpc) is 3.32. The van der Waals surface area contributed by atoms with E-state index in [1.54, 1.807) is 17.1 Å². The molecule has 4 rings (SSSR count). The molecule has 154 valence electrons. The third-order valence-corrected chi connectivity index (χ3v) is 7.06. The first-order valence-electron chi connectivity index (χ1n) is 9.79. The quantitative estimate of drug-likeness (QED) is 0.237. The summed E-state index contributed by atoms with van der Waals surface area (Å²) in [6.45, 7) is 0. The Kier molecular flexibility index (Phi) is 6.65. The van der Waals surface area contributed by atoms with Gasteiger partial charge in [0, 0.05) is 5.38 Å². The molecule has 1 heterocycles. The molecule has 5 heteroatoms. The number of thiazole rings is 1. The summed E-state index contributed by atoms with van der Waals surface area (Å²) in [5.41, 5.74) is 3.90. The summed E-state index contributed by atoms with van der Waals surface area (Å²) in [6.07, 6.45) is 1.95. The minimum atomic E-state index is -0.428. The first-order valence-corrected chi connectivity index (χ1v) is 11.5. The van der Waals surface area contributed by atoms with Gasteiger partial charge < -0.3 is 4.74 Å². The summed E-state index contributed by atoms with van der Waals surface area (Å²) < 4.78 is 4.33. The van der Waals surface area contributed by atoms with E-state index in [1.807, 2.05) is 24.3 Å². The Hall–Kier alpha value is -3.15. The molecule has 0 amide bonds. The second kappa shape index (κ2) is 9.77. The van der Waals surface area contributed by atoms with Crippen LogP contribution in [0, 0.1) is 0 Å². The number of nitrogens with zero attached hydrogens (tertiary/aromatic N) is 1. The average molecular weight is 444 g/mol. The SMILES string of the molecule is COC(=O)c1csc(C=CSC(c2ccccc2)(c2ccccc2)c2ccccc2)n1. The molecule has 0 saturated heterocycles. The molecule has 0 aliphatic rings. The van der Waals surface area contributed by atoms with Crippen molar-refractivity contribution in [2.24, 2.45) is 0 Å². The molecule has 3 nitrogen and oxygen atoms in total. The monoisotopic (exact) mass is 443 g/mol. The highest BCUT2D eigenvalue weighted by molar-refractivity contribution is 8.03. The Morgan fingerprint density at radius 2 is 1.35 bits per heavy atom. The van der Waals surface area contributed by atoms with Gasteiger partial charge in [0.25, 0.3) is 0 Å². The van der Waals surface area contributed by atoms with Crippen molar-refractivity contribution < 1.29 is 9.53 Å². The number of aromatic nitrogens is 1. The number of benzene rings is 3. The van der Waals surface area contributed by atoms with E-state index in [0.29, 0.717) is 5.69 Å². The number of hydrogen-bond acceptors (Lipinski definition) is 5. The Morgan fingerprint density at radius 3 is 1.81 bits per heavy atom. The van der Waals surface area contributed by atoms with E-state index in [4.69, 9.17) is 4.74 Å². The molecule has 3 aromatic carbocycles. The molecule has 0 unspecified atom stereocenters. The number of carbonyl (C=O) groups excluding carboxylic acids is 1. The van der Waals surface area contributed by atoms with Gasteiger partial charge in [-0.15, -0.1) is 23.1 Å². The van der Waals surface area contributed by atoms with E-state index in [1.165, 1.54) is 35.1 Å². The van der Waals surface area contributed by atoms with Crippen LogP contribution in [0.15, 0.2) is 102 Å². The topological polar surface area (TPSA) is 39.2 Å². The van der Waals surface area contributed by atoms with Crippen LogP contribution >= 0.6 is 23.1 Å². The fraction of sp³-hybridized carbons (Fsp3) is 0.0769. The molecule has 0 atom stereocenters. The van der Waals surface area contributed by atoms with Crippen molar-refractivity contribution in [1.82, 2.24) is 4.98 Å². The number of methoxy groups -OCH3 is 1. The summed E-state index contributed by atoms with van der Waals surface area (Å²) in [5.74, 6) is -0.421. The lowest BCUT2D eigenvalue weighted by molar-refractivity contribution is 0.0595. The third kappa shape index (κ3) is 4.48. The molecule has 0 radical (unpaired) electrons. The Balaban J connectivity index is 1.79. The normalized spacial score (nSPS) is 11.5. The number of hydrogen-bond donors (Lipinski definition) is 0. The number of carbonyl (C=O) groups is 1. The van der Waals surface area contributed by atoms with Crippen LogP contribution in [-0.4, -0.2) is 18.1 Å². The zero-order valence-corrected chi connectivity index (χ0v) is 18.6. The number of thioether (sulfide) groups is 1. The van der Waals surface area contributed by atoms with Crippen LogP contribution in [0.5, 0.6) is 0 Å². The van der Waals surface area contributed by atoms with Crippen molar-refractivity contribution in [1.29, 1.82) is 0 Å². The summed E-state index contributed by atoms with van der Waals surface area (Å²) in [5, 5.41) is 4.54. The van der Waals surface area contributed by atoms with Gasteiger partial charge in [-0.05, 0) is 28.2 Å². The number of rotatable bonds is 7. The molecule has 0 N–H and O–H groups in total. The van der Waals surface area contributed by atoms with Gasteiger partial charge >= 0.3 is 5.97 Å². The highest BCUT2D eigenvalue weighted by Crippen LogP contribution is 2.49. The van der Waals surface area contributed by atoms with Gasteiger partial charge in [0.05, 0.1) is 11.9 Å². The van der Waals surface area contributed by atoms with Crippen molar-refractivity contribution in [2.75, 3.05) is 7.11 Å². The first-order chi connectivity index (χ1) is 15.2. The minimum absolute atomic E-state index is 0.331. The molecule has 0 aliphatic heterocycles. The third-order valence-electron chi connectivity index (χ3n) is 4.91. The van der Waals surface area contributed by atoms with Gasteiger partial charge in [-0.3, -0.25) is 0 Å². The molecule has 0 fully saturated rings. The van der Waals surface area contributed by atoms with Crippen molar-refractivity contribution >= 4 is 35.1 Å². The molecule has 0 aliphatic carbocycles. The van der Waals surface area contributed by atoms with Crippen molar-refractivity contribution in [3.8, 4) is 0 Å². The molecule has 0 bridgehead atoms. The second-order valence-corrected chi connectivity index (χ2v) is 8.77. The Morgan fingerprint density at radius 1 is 0.871 bits per heavy atom. The van der Waals surface area contributed by atoms with Crippen molar-refractivity contribution in [3.05, 3.63) is 129 Å². The van der Waals surface area contributed by atoms with Crippen molar-refractivity contribution in [3.63, 3.8) is 0 Å². The van der Waals surface area contributed by atoms with E-state index in [2.05, 4.69) is 83.2 Å². The lowest BCUT2D eigenvalue weighted by atomic mass is 9.84. The van der Waals surface area contributed by atoms with E-state index in [-0.39, 0.29) is 0 Å². The lowest BCUT2D eigenvalue weighted by Gasteiger charge is -2.34. The number of ether oxygens (including phenoxy) is 1. The maximum Gasteiger partial charge on any atom is 0.357 e. The molecule has 4 aromatic rings. The second-order valence-electron chi connectivity index (χ2n) is 6.76. The molecule has 0 spiro atoms. The van der Waals surface area contributed by atoms with Gasteiger partial charge in [0.2, 0.25) is 0 Å². The molecular weight excluding hydrogens is 422 g/mol. The summed E-state index contributed by atoms with van der Waals surface area (Å²) in [4.78, 5) is 16.1. The smallest absolute Gasteiger partial charge is 0.357 e. The van der Waals surface area contributed by atoms with Gasteiger partial charge in [-0.1, -0.05) is 91.0 Å². The van der Waals surface area contributed by atoms with Gasteiger partial charge in [-0.2, -0.15) is 0 Å². The summed E-state index contributed by atoms with van der Waals surface area (Å²) in [6, 6.07) is 31.5. The maximum absolute atomic E-state index is 11.7. The van der Waals surface area contributed by atoms with Crippen LogP contribution in [0.2, 0.25) is 0 Å². The molecule has 31 heavy (non-hydrogen) atoms. The molecule has 0 saturated carbocycles. The summed E-state index contributed by atoms with van der Waals surface area (Å²) in [7, 11) is 1.36. The van der Waals surface area contributed by atoms with E-state index in [9.17, 15) is 4.79 Å². The zero-order valence-electron chi connectivity index (χ0n) is 17.0. The summed E-state index contributed by atoms with van der Waals surface area (Å²) >= 11 is 3.14. The Bertz CT molecular complexity index is 1060. The van der Waals surface area contributed by atoms with Gasteiger partial charge in [0.1, 0.15) is 5.01 Å². The predicted octanol–water partition coefficient (Wildman–Crippen LogP) is 6.63. The molecular formula is C26H21NO2S2. The van der Waals surface area contributed by atoms with E-state index >= 15 is 0 Å². The van der Waals surface area contributed by atoms with Crippen LogP contribution in [-0.2, 0) is 9.48 Å². The minimum Gasteiger partial charge on any atom is -0.464 e.